The minimum Gasteiger partial charge on any atom is -0.453 e. The second-order valence-corrected chi connectivity index (χ2v) is 5.11. The summed E-state index contributed by atoms with van der Waals surface area (Å²) in [6, 6.07) is 22.0. The molecule has 0 radical (unpaired) electrons. The highest BCUT2D eigenvalue weighted by molar-refractivity contribution is 5.82. The highest BCUT2D eigenvalue weighted by atomic mass is 16.3. The van der Waals surface area contributed by atoms with Crippen LogP contribution in [0.15, 0.2) is 77.3 Å². The van der Waals surface area contributed by atoms with Crippen LogP contribution in [0.2, 0.25) is 0 Å². The third kappa shape index (κ3) is 2.04. The number of carbonyl (C=O) groups excluding carboxylic acids is 1. The first kappa shape index (κ1) is 12.7. The SMILES string of the molecule is O=Cc1ccc(-c2ccc(-n3ccc4ccccc43)cc2)o1. The van der Waals surface area contributed by atoms with Crippen molar-refractivity contribution in [2.75, 3.05) is 0 Å². The molecule has 2 aromatic heterocycles. The molecule has 0 N–H and O–H groups in total. The summed E-state index contributed by atoms with van der Waals surface area (Å²) in [6.07, 6.45) is 2.78. The van der Waals surface area contributed by atoms with Gasteiger partial charge in [0.2, 0.25) is 0 Å². The Hall–Kier alpha value is -3.07. The van der Waals surface area contributed by atoms with E-state index in [0.717, 1.165) is 11.3 Å². The number of furan rings is 1. The maximum absolute atomic E-state index is 10.7. The first-order valence-electron chi connectivity index (χ1n) is 7.07. The van der Waals surface area contributed by atoms with Crippen LogP contribution in [0.1, 0.15) is 10.6 Å². The quantitative estimate of drug-likeness (QED) is 0.512. The van der Waals surface area contributed by atoms with Crippen LogP contribution in [0, 0.1) is 0 Å². The van der Waals surface area contributed by atoms with Gasteiger partial charge in [-0.05, 0) is 53.9 Å². The van der Waals surface area contributed by atoms with E-state index in [9.17, 15) is 4.79 Å². The van der Waals surface area contributed by atoms with Crippen LogP contribution in [0.25, 0.3) is 27.9 Å². The molecule has 106 valence electrons. The van der Waals surface area contributed by atoms with Crippen molar-refractivity contribution < 1.29 is 9.21 Å². The van der Waals surface area contributed by atoms with Gasteiger partial charge in [-0.1, -0.05) is 18.2 Å². The molecule has 3 nitrogen and oxygen atoms in total. The molecule has 0 unspecified atom stereocenters. The maximum Gasteiger partial charge on any atom is 0.185 e. The summed E-state index contributed by atoms with van der Waals surface area (Å²) in [5.74, 6) is 1.04. The molecule has 2 aromatic carbocycles. The molecule has 0 aliphatic rings. The van der Waals surface area contributed by atoms with Crippen LogP contribution in [-0.2, 0) is 0 Å². The maximum atomic E-state index is 10.7. The molecular formula is C19H13NO2. The molecule has 2 heterocycles. The lowest BCUT2D eigenvalue weighted by atomic mass is 10.1. The minimum absolute atomic E-state index is 0.343. The van der Waals surface area contributed by atoms with Crippen molar-refractivity contribution >= 4 is 17.2 Å². The Morgan fingerprint density at radius 2 is 1.68 bits per heavy atom. The lowest BCUT2D eigenvalue weighted by Crippen LogP contribution is -1.91. The van der Waals surface area contributed by atoms with Crippen molar-refractivity contribution in [2.45, 2.75) is 0 Å². The first-order chi connectivity index (χ1) is 10.8. The highest BCUT2D eigenvalue weighted by Crippen LogP contribution is 2.25. The number of para-hydroxylation sites is 1. The van der Waals surface area contributed by atoms with Gasteiger partial charge in [0.15, 0.2) is 12.0 Å². The Bertz CT molecular complexity index is 945. The van der Waals surface area contributed by atoms with Crippen LogP contribution < -0.4 is 0 Å². The van der Waals surface area contributed by atoms with Crippen molar-refractivity contribution in [3.8, 4) is 17.0 Å². The number of hydrogen-bond acceptors (Lipinski definition) is 2. The van der Waals surface area contributed by atoms with Gasteiger partial charge in [0.25, 0.3) is 0 Å². The number of aldehydes is 1. The molecule has 0 spiro atoms. The van der Waals surface area contributed by atoms with Crippen LogP contribution in [-0.4, -0.2) is 10.9 Å². The minimum atomic E-state index is 0.343. The molecule has 0 amide bonds. The third-order valence-electron chi connectivity index (χ3n) is 3.77. The van der Waals surface area contributed by atoms with Crippen molar-refractivity contribution in [3.63, 3.8) is 0 Å². The van der Waals surface area contributed by atoms with Crippen molar-refractivity contribution in [1.82, 2.24) is 4.57 Å². The van der Waals surface area contributed by atoms with Gasteiger partial charge in [-0.25, -0.2) is 0 Å². The fourth-order valence-electron chi connectivity index (χ4n) is 2.67. The zero-order chi connectivity index (χ0) is 14.9. The lowest BCUT2D eigenvalue weighted by Gasteiger charge is -2.06. The van der Waals surface area contributed by atoms with E-state index in [1.165, 1.54) is 10.9 Å². The number of rotatable bonds is 3. The molecule has 3 heteroatoms. The Balaban J connectivity index is 1.74. The molecule has 4 rings (SSSR count). The molecule has 0 fully saturated rings. The monoisotopic (exact) mass is 287 g/mol. The van der Waals surface area contributed by atoms with Crippen LogP contribution in [0.5, 0.6) is 0 Å². The number of carbonyl (C=O) groups is 1. The Morgan fingerprint density at radius 1 is 0.864 bits per heavy atom. The summed E-state index contributed by atoms with van der Waals surface area (Å²) in [4.78, 5) is 10.7. The van der Waals surface area contributed by atoms with Crippen molar-refractivity contribution in [1.29, 1.82) is 0 Å². The summed E-state index contributed by atoms with van der Waals surface area (Å²) in [6.45, 7) is 0. The van der Waals surface area contributed by atoms with Crippen molar-refractivity contribution in [2.24, 2.45) is 0 Å². The number of hydrogen-bond donors (Lipinski definition) is 0. The molecule has 22 heavy (non-hydrogen) atoms. The molecule has 0 saturated heterocycles. The third-order valence-corrected chi connectivity index (χ3v) is 3.77. The standard InChI is InChI=1S/C19H13NO2/c21-13-17-9-10-19(22-17)15-5-7-16(8-6-15)20-12-11-14-3-1-2-4-18(14)20/h1-13H. The molecule has 0 aliphatic heterocycles. The van der Waals surface area contributed by atoms with E-state index >= 15 is 0 Å². The first-order valence-corrected chi connectivity index (χ1v) is 7.07. The molecule has 0 bridgehead atoms. The fraction of sp³-hybridized carbons (Fsp3) is 0. The van der Waals surface area contributed by atoms with Gasteiger partial charge in [0.1, 0.15) is 5.76 Å². The normalized spacial score (nSPS) is 10.9. The Labute approximate surface area is 127 Å². The smallest absolute Gasteiger partial charge is 0.185 e. The number of fused-ring (bicyclic) bond motifs is 1. The van der Waals surface area contributed by atoms with Gasteiger partial charge in [-0.3, -0.25) is 4.79 Å². The number of aromatic nitrogens is 1. The summed E-state index contributed by atoms with van der Waals surface area (Å²) >= 11 is 0. The fourth-order valence-corrected chi connectivity index (χ4v) is 2.67. The van der Waals surface area contributed by atoms with E-state index in [0.29, 0.717) is 17.8 Å². The van der Waals surface area contributed by atoms with E-state index < -0.39 is 0 Å². The average Bonchev–Trinajstić information content (AvgIpc) is 3.22. The van der Waals surface area contributed by atoms with E-state index in [-0.39, 0.29) is 0 Å². The lowest BCUT2D eigenvalue weighted by molar-refractivity contribution is 0.110. The van der Waals surface area contributed by atoms with Gasteiger partial charge in [0, 0.05) is 17.4 Å². The van der Waals surface area contributed by atoms with Gasteiger partial charge < -0.3 is 8.98 Å². The van der Waals surface area contributed by atoms with Crippen LogP contribution in [0.3, 0.4) is 0 Å². The second-order valence-electron chi connectivity index (χ2n) is 5.11. The average molecular weight is 287 g/mol. The van der Waals surface area contributed by atoms with E-state index in [4.69, 9.17) is 4.42 Å². The molecule has 0 atom stereocenters. The number of benzene rings is 2. The zero-order valence-electron chi connectivity index (χ0n) is 11.8. The predicted octanol–water partition coefficient (Wildman–Crippen LogP) is 4.70. The van der Waals surface area contributed by atoms with E-state index in [2.05, 4.69) is 29.0 Å². The van der Waals surface area contributed by atoms with Gasteiger partial charge in [0.05, 0.1) is 5.52 Å². The van der Waals surface area contributed by atoms with E-state index in [1.807, 2.05) is 42.5 Å². The highest BCUT2D eigenvalue weighted by Gasteiger charge is 2.06. The van der Waals surface area contributed by atoms with E-state index in [1.54, 1.807) is 6.07 Å². The molecule has 0 aliphatic carbocycles. The molecular weight excluding hydrogens is 274 g/mol. The van der Waals surface area contributed by atoms with Crippen LogP contribution >= 0.6 is 0 Å². The molecule has 4 aromatic rings. The molecule has 0 saturated carbocycles. The summed E-state index contributed by atoms with van der Waals surface area (Å²) in [5, 5.41) is 1.22. The number of nitrogens with zero attached hydrogens (tertiary/aromatic N) is 1. The van der Waals surface area contributed by atoms with Crippen LogP contribution in [0.4, 0.5) is 0 Å². The largest absolute Gasteiger partial charge is 0.453 e. The predicted molar refractivity (Wildman–Crippen MR) is 86.4 cm³/mol. The topological polar surface area (TPSA) is 35.1 Å². The summed E-state index contributed by atoms with van der Waals surface area (Å²) < 4.78 is 7.60. The van der Waals surface area contributed by atoms with Gasteiger partial charge in [-0.2, -0.15) is 0 Å². The zero-order valence-corrected chi connectivity index (χ0v) is 11.8. The Kier molecular flexibility index (Phi) is 2.90. The Morgan fingerprint density at radius 3 is 2.45 bits per heavy atom. The van der Waals surface area contributed by atoms with Gasteiger partial charge >= 0.3 is 0 Å². The second kappa shape index (κ2) is 5.04. The summed E-state index contributed by atoms with van der Waals surface area (Å²) in [7, 11) is 0. The van der Waals surface area contributed by atoms with Gasteiger partial charge in [-0.15, -0.1) is 0 Å². The summed E-state index contributed by atoms with van der Waals surface area (Å²) in [5.41, 5.74) is 3.22. The van der Waals surface area contributed by atoms with Crippen molar-refractivity contribution in [3.05, 3.63) is 78.7 Å².